The number of carbonyl (C=O) groups is 1. The molecular weight excluding hydrogens is 314 g/mol. The number of likely N-dealkylation sites (tertiary alicyclic amines) is 1. The standard InChI is InChI=1S/C19H27N5O/c1-22(2)18-13-16(7-8-21-18)17-5-3-11-24(14-17)19(25)6-4-10-23-12-9-20-15-23/h7-9,12-13,15,17H,3-6,10-11,14H2,1-2H3/t17-/m1/s1. The molecule has 0 radical (unpaired) electrons. The molecule has 6 nitrogen and oxygen atoms in total. The third-order valence-electron chi connectivity index (χ3n) is 4.84. The van der Waals surface area contributed by atoms with E-state index in [0.717, 1.165) is 44.7 Å². The van der Waals surface area contributed by atoms with Gasteiger partial charge in [0.25, 0.3) is 0 Å². The Labute approximate surface area is 149 Å². The number of hydrogen-bond acceptors (Lipinski definition) is 4. The van der Waals surface area contributed by atoms with Gasteiger partial charge < -0.3 is 14.4 Å². The number of anilines is 1. The molecule has 0 N–H and O–H groups in total. The van der Waals surface area contributed by atoms with Crippen LogP contribution in [0.4, 0.5) is 5.82 Å². The maximum Gasteiger partial charge on any atom is 0.222 e. The van der Waals surface area contributed by atoms with Crippen molar-refractivity contribution >= 4 is 11.7 Å². The lowest BCUT2D eigenvalue weighted by atomic mass is 9.91. The lowest BCUT2D eigenvalue weighted by Crippen LogP contribution is -2.39. The molecule has 1 aliphatic heterocycles. The Morgan fingerprint density at radius 1 is 1.36 bits per heavy atom. The van der Waals surface area contributed by atoms with E-state index in [1.165, 1.54) is 5.56 Å². The zero-order chi connectivity index (χ0) is 17.6. The van der Waals surface area contributed by atoms with E-state index in [1.807, 2.05) is 40.9 Å². The van der Waals surface area contributed by atoms with E-state index in [4.69, 9.17) is 0 Å². The van der Waals surface area contributed by atoms with Gasteiger partial charge >= 0.3 is 0 Å². The van der Waals surface area contributed by atoms with Crippen LogP contribution in [0.2, 0.25) is 0 Å². The van der Waals surface area contributed by atoms with E-state index in [2.05, 4.69) is 22.1 Å². The first-order chi connectivity index (χ1) is 12.1. The summed E-state index contributed by atoms with van der Waals surface area (Å²) < 4.78 is 2.02. The van der Waals surface area contributed by atoms with Gasteiger partial charge in [0.05, 0.1) is 6.33 Å². The summed E-state index contributed by atoms with van der Waals surface area (Å²) in [6.45, 7) is 2.55. The maximum atomic E-state index is 12.6. The summed E-state index contributed by atoms with van der Waals surface area (Å²) in [7, 11) is 4.01. The van der Waals surface area contributed by atoms with Gasteiger partial charge in [0, 0.05) is 64.7 Å². The number of nitrogens with zero attached hydrogens (tertiary/aromatic N) is 5. The quantitative estimate of drug-likeness (QED) is 0.810. The van der Waals surface area contributed by atoms with Gasteiger partial charge in [-0.3, -0.25) is 4.79 Å². The third-order valence-corrected chi connectivity index (χ3v) is 4.84. The zero-order valence-electron chi connectivity index (χ0n) is 15.1. The molecule has 0 unspecified atom stereocenters. The van der Waals surface area contributed by atoms with Gasteiger partial charge in [-0.05, 0) is 37.0 Å². The number of piperidine rings is 1. The minimum atomic E-state index is 0.270. The molecule has 1 saturated heterocycles. The number of aryl methyl sites for hydroxylation is 1. The molecule has 3 heterocycles. The Balaban J connectivity index is 1.55. The van der Waals surface area contributed by atoms with Crippen molar-refractivity contribution in [1.29, 1.82) is 0 Å². The highest BCUT2D eigenvalue weighted by atomic mass is 16.2. The van der Waals surface area contributed by atoms with Crippen molar-refractivity contribution in [1.82, 2.24) is 19.4 Å². The van der Waals surface area contributed by atoms with Gasteiger partial charge in [-0.25, -0.2) is 9.97 Å². The van der Waals surface area contributed by atoms with Crippen LogP contribution in [0.5, 0.6) is 0 Å². The molecule has 0 bridgehead atoms. The highest BCUT2D eigenvalue weighted by Gasteiger charge is 2.24. The van der Waals surface area contributed by atoms with Crippen LogP contribution in [0.3, 0.4) is 0 Å². The van der Waals surface area contributed by atoms with Crippen molar-refractivity contribution < 1.29 is 4.79 Å². The van der Waals surface area contributed by atoms with Gasteiger partial charge in [-0.2, -0.15) is 0 Å². The summed E-state index contributed by atoms with van der Waals surface area (Å²) >= 11 is 0. The highest BCUT2D eigenvalue weighted by molar-refractivity contribution is 5.76. The number of carbonyl (C=O) groups excluding carboxylic acids is 1. The molecule has 3 rings (SSSR count). The minimum absolute atomic E-state index is 0.270. The second-order valence-electron chi connectivity index (χ2n) is 6.92. The summed E-state index contributed by atoms with van der Waals surface area (Å²) in [4.78, 5) is 25.0. The normalized spacial score (nSPS) is 17.5. The Hall–Kier alpha value is -2.37. The van der Waals surface area contributed by atoms with E-state index in [-0.39, 0.29) is 5.91 Å². The van der Waals surface area contributed by atoms with Crippen molar-refractivity contribution in [3.63, 3.8) is 0 Å². The number of hydrogen-bond donors (Lipinski definition) is 0. The van der Waals surface area contributed by atoms with Crippen LogP contribution in [-0.4, -0.2) is 52.5 Å². The van der Waals surface area contributed by atoms with Crippen molar-refractivity contribution in [2.45, 2.75) is 38.1 Å². The summed E-state index contributed by atoms with van der Waals surface area (Å²) in [5, 5.41) is 0. The number of aromatic nitrogens is 3. The molecule has 1 amide bonds. The lowest BCUT2D eigenvalue weighted by molar-refractivity contribution is -0.132. The summed E-state index contributed by atoms with van der Waals surface area (Å²) in [5.74, 6) is 1.65. The second kappa shape index (κ2) is 8.14. The van der Waals surface area contributed by atoms with E-state index in [9.17, 15) is 4.79 Å². The average molecular weight is 341 g/mol. The van der Waals surface area contributed by atoms with Crippen LogP contribution in [0.1, 0.15) is 37.2 Å². The minimum Gasteiger partial charge on any atom is -0.363 e. The first-order valence-electron chi connectivity index (χ1n) is 9.00. The Bertz CT molecular complexity index is 683. The molecule has 2 aromatic heterocycles. The maximum absolute atomic E-state index is 12.6. The molecule has 134 valence electrons. The molecular formula is C19H27N5O. The van der Waals surface area contributed by atoms with Crippen LogP contribution in [-0.2, 0) is 11.3 Å². The van der Waals surface area contributed by atoms with Crippen molar-refractivity contribution in [2.24, 2.45) is 0 Å². The van der Waals surface area contributed by atoms with Gasteiger partial charge in [-0.1, -0.05) is 0 Å². The summed E-state index contributed by atoms with van der Waals surface area (Å²) in [6, 6.07) is 4.24. The molecule has 2 aromatic rings. The molecule has 0 saturated carbocycles. The number of imidazole rings is 1. The van der Waals surface area contributed by atoms with Gasteiger partial charge in [0.1, 0.15) is 5.82 Å². The summed E-state index contributed by atoms with van der Waals surface area (Å²) in [5.41, 5.74) is 1.29. The van der Waals surface area contributed by atoms with E-state index < -0.39 is 0 Å². The highest BCUT2D eigenvalue weighted by Crippen LogP contribution is 2.28. The largest absolute Gasteiger partial charge is 0.363 e. The van der Waals surface area contributed by atoms with Crippen LogP contribution >= 0.6 is 0 Å². The SMILES string of the molecule is CN(C)c1cc([C@@H]2CCCN(C(=O)CCCn3ccnc3)C2)ccn1. The second-order valence-corrected chi connectivity index (χ2v) is 6.92. The molecule has 1 fully saturated rings. The molecule has 25 heavy (non-hydrogen) atoms. The molecule has 1 atom stereocenters. The average Bonchev–Trinajstić information content (AvgIpc) is 3.15. The predicted molar refractivity (Wildman–Crippen MR) is 98.6 cm³/mol. The van der Waals surface area contributed by atoms with Crippen molar-refractivity contribution in [3.05, 3.63) is 42.6 Å². The molecule has 1 aliphatic rings. The monoisotopic (exact) mass is 341 g/mol. The van der Waals surface area contributed by atoms with Crippen LogP contribution in [0.15, 0.2) is 37.1 Å². The van der Waals surface area contributed by atoms with E-state index in [1.54, 1.807) is 12.5 Å². The third kappa shape index (κ3) is 4.59. The topological polar surface area (TPSA) is 54.3 Å². The van der Waals surface area contributed by atoms with Crippen LogP contribution < -0.4 is 4.90 Å². The van der Waals surface area contributed by atoms with Gasteiger partial charge in [-0.15, -0.1) is 0 Å². The predicted octanol–water partition coefficient (Wildman–Crippen LogP) is 2.53. The van der Waals surface area contributed by atoms with Crippen molar-refractivity contribution in [3.8, 4) is 0 Å². The molecule has 0 aromatic carbocycles. The van der Waals surface area contributed by atoms with Crippen LogP contribution in [0.25, 0.3) is 0 Å². The smallest absolute Gasteiger partial charge is 0.222 e. The molecule has 6 heteroatoms. The van der Waals surface area contributed by atoms with Crippen LogP contribution in [0, 0.1) is 0 Å². The lowest BCUT2D eigenvalue weighted by Gasteiger charge is -2.33. The Kier molecular flexibility index (Phi) is 5.68. The fourth-order valence-electron chi connectivity index (χ4n) is 3.40. The van der Waals surface area contributed by atoms with Gasteiger partial charge in [0.2, 0.25) is 5.91 Å². The van der Waals surface area contributed by atoms with E-state index in [0.29, 0.717) is 12.3 Å². The zero-order valence-corrected chi connectivity index (χ0v) is 15.1. The number of amides is 1. The van der Waals surface area contributed by atoms with E-state index >= 15 is 0 Å². The molecule has 0 spiro atoms. The fourth-order valence-corrected chi connectivity index (χ4v) is 3.40. The number of pyridine rings is 1. The summed E-state index contributed by atoms with van der Waals surface area (Å²) in [6.07, 6.45) is 11.0. The first-order valence-corrected chi connectivity index (χ1v) is 9.00. The Morgan fingerprint density at radius 3 is 3.00 bits per heavy atom. The molecule has 0 aliphatic carbocycles. The Morgan fingerprint density at radius 2 is 2.24 bits per heavy atom. The van der Waals surface area contributed by atoms with Crippen molar-refractivity contribution in [2.75, 3.05) is 32.1 Å². The van der Waals surface area contributed by atoms with Gasteiger partial charge in [0.15, 0.2) is 0 Å². The fraction of sp³-hybridized carbons (Fsp3) is 0.526. The number of rotatable bonds is 6. The first kappa shape index (κ1) is 17.5.